The smallest absolute Gasteiger partial charge is 0.326 e. The second-order valence-electron chi connectivity index (χ2n) is 10.6. The van der Waals surface area contributed by atoms with E-state index in [1.165, 1.54) is 5.57 Å². The van der Waals surface area contributed by atoms with Gasteiger partial charge < -0.3 is 5.32 Å². The van der Waals surface area contributed by atoms with Crippen molar-refractivity contribution >= 4 is 29.4 Å². The van der Waals surface area contributed by atoms with Crippen LogP contribution < -0.4 is 5.32 Å². The van der Waals surface area contributed by atoms with Crippen LogP contribution in [0.2, 0.25) is 5.02 Å². The Kier molecular flexibility index (Phi) is 4.45. The van der Waals surface area contributed by atoms with Gasteiger partial charge >= 0.3 is 6.03 Å². The van der Waals surface area contributed by atoms with E-state index in [1.54, 1.807) is 4.90 Å². The summed E-state index contributed by atoms with van der Waals surface area (Å²) in [4.78, 5) is 35.2. The van der Waals surface area contributed by atoms with Crippen molar-refractivity contribution in [2.45, 2.75) is 53.6 Å². The highest BCUT2D eigenvalue weighted by atomic mass is 35.5. The number of rotatable bonds is 1. The predicted molar refractivity (Wildman–Crippen MR) is 125 cm³/mol. The summed E-state index contributed by atoms with van der Waals surface area (Å²) in [5.41, 5.74) is 3.11. The number of aliphatic imine (C=N–C) groups is 1. The lowest BCUT2D eigenvalue weighted by Gasteiger charge is -2.56. The van der Waals surface area contributed by atoms with Crippen LogP contribution in [-0.2, 0) is 4.79 Å². The number of nitrogens with one attached hydrogen (secondary N) is 1. The van der Waals surface area contributed by atoms with Gasteiger partial charge in [-0.1, -0.05) is 63.1 Å². The highest BCUT2D eigenvalue weighted by molar-refractivity contribution is 6.30. The van der Waals surface area contributed by atoms with Gasteiger partial charge in [0, 0.05) is 22.1 Å². The summed E-state index contributed by atoms with van der Waals surface area (Å²) in [5, 5.41) is 3.76. The van der Waals surface area contributed by atoms with Crippen molar-refractivity contribution in [3.05, 3.63) is 57.9 Å². The molecule has 0 bridgehead atoms. The Labute approximate surface area is 194 Å². The van der Waals surface area contributed by atoms with Crippen molar-refractivity contribution in [2.24, 2.45) is 21.7 Å². The molecule has 6 nitrogen and oxygen atoms in total. The number of amides is 3. The number of hydrogen-bond acceptors (Lipinski definition) is 3. The zero-order valence-electron chi connectivity index (χ0n) is 19.4. The van der Waals surface area contributed by atoms with Gasteiger partial charge in [-0.25, -0.2) is 4.79 Å². The van der Waals surface area contributed by atoms with Gasteiger partial charge in [-0.2, -0.15) is 0 Å². The molecule has 3 aliphatic heterocycles. The molecule has 4 atom stereocenters. The number of urea groups is 1. The third-order valence-corrected chi connectivity index (χ3v) is 7.51. The first-order valence-corrected chi connectivity index (χ1v) is 11.5. The van der Waals surface area contributed by atoms with Crippen LogP contribution in [0.3, 0.4) is 0 Å². The van der Waals surface area contributed by atoms with Gasteiger partial charge in [0.25, 0.3) is 0 Å². The summed E-state index contributed by atoms with van der Waals surface area (Å²) in [5.74, 6) is 0.648. The van der Waals surface area contributed by atoms with Crippen LogP contribution in [0.5, 0.6) is 0 Å². The van der Waals surface area contributed by atoms with Crippen molar-refractivity contribution in [2.75, 3.05) is 6.54 Å². The van der Waals surface area contributed by atoms with E-state index in [4.69, 9.17) is 16.6 Å². The zero-order chi connectivity index (χ0) is 23.2. The van der Waals surface area contributed by atoms with Crippen LogP contribution >= 0.6 is 11.6 Å². The number of carbonyl (C=O) groups is 2. The van der Waals surface area contributed by atoms with Crippen LogP contribution in [0.25, 0.3) is 0 Å². The van der Waals surface area contributed by atoms with Crippen molar-refractivity contribution in [3.8, 4) is 0 Å². The maximum Gasteiger partial charge on any atom is 0.330 e. The van der Waals surface area contributed by atoms with E-state index in [2.05, 4.69) is 52.9 Å². The first-order valence-electron chi connectivity index (χ1n) is 11.1. The SMILES string of the molecule is CC1=CC2(C)C3=C(NC(=O)CN3C(=O)N3C(C(C)(C)C)=NC(c4ccc(Cl)cc4)C32)C1C. The molecular weight excluding hydrogens is 424 g/mol. The maximum atomic E-state index is 14.0. The molecule has 3 amide bonds. The standard InChI is InChI=1S/C25H29ClN4O2/c1-13-11-25(6)20-18(14(13)2)27-17(31)12-29(20)23(32)30-21(25)19(28-22(30)24(3,4)5)15-7-9-16(26)10-8-15/h7-11,14,19,21H,12H2,1-6H3,(H,27,31). The highest BCUT2D eigenvalue weighted by Crippen LogP contribution is 2.56. The number of hydrogen-bond donors (Lipinski definition) is 1. The topological polar surface area (TPSA) is 65.0 Å². The molecule has 32 heavy (non-hydrogen) atoms. The summed E-state index contributed by atoms with van der Waals surface area (Å²) in [6.45, 7) is 12.6. The molecule has 7 heteroatoms. The maximum absolute atomic E-state index is 14.0. The molecule has 0 spiro atoms. The van der Waals surface area contributed by atoms with Crippen molar-refractivity contribution in [1.82, 2.24) is 15.1 Å². The van der Waals surface area contributed by atoms with Gasteiger partial charge in [-0.05, 0) is 31.5 Å². The molecule has 0 radical (unpaired) electrons. The molecular formula is C25H29ClN4O2. The third-order valence-electron chi connectivity index (χ3n) is 7.26. The first-order chi connectivity index (χ1) is 14.9. The van der Waals surface area contributed by atoms with E-state index in [0.717, 1.165) is 22.8 Å². The van der Waals surface area contributed by atoms with Crippen LogP contribution in [0.4, 0.5) is 4.79 Å². The zero-order valence-corrected chi connectivity index (χ0v) is 20.1. The van der Waals surface area contributed by atoms with Crippen LogP contribution in [0, 0.1) is 16.7 Å². The predicted octanol–water partition coefficient (Wildman–Crippen LogP) is 4.89. The number of halogens is 1. The molecule has 3 heterocycles. The molecule has 168 valence electrons. The van der Waals surface area contributed by atoms with Crippen LogP contribution in [-0.4, -0.2) is 40.2 Å². The Morgan fingerprint density at radius 1 is 1.19 bits per heavy atom. The average molecular weight is 453 g/mol. The minimum absolute atomic E-state index is 0.0269. The van der Waals surface area contributed by atoms with Crippen molar-refractivity contribution in [1.29, 1.82) is 0 Å². The fourth-order valence-electron chi connectivity index (χ4n) is 5.74. The third kappa shape index (κ3) is 2.81. The molecule has 1 aromatic carbocycles. The van der Waals surface area contributed by atoms with Gasteiger partial charge in [-0.3, -0.25) is 19.6 Å². The van der Waals surface area contributed by atoms with Gasteiger partial charge in [0.15, 0.2) is 0 Å². The number of nitrogens with zero attached hydrogens (tertiary/aromatic N) is 3. The molecule has 0 aromatic heterocycles. The lowest BCUT2D eigenvalue weighted by Crippen LogP contribution is -2.67. The minimum atomic E-state index is -0.506. The Hall–Kier alpha value is -2.60. The van der Waals surface area contributed by atoms with Gasteiger partial charge in [-0.15, -0.1) is 0 Å². The summed E-state index contributed by atoms with van der Waals surface area (Å²) >= 11 is 6.17. The Balaban J connectivity index is 1.77. The number of allylic oxidation sites excluding steroid dienone is 1. The first kappa shape index (κ1) is 21.3. The second kappa shape index (κ2) is 6.70. The van der Waals surface area contributed by atoms with Crippen LogP contribution in [0.15, 0.2) is 52.3 Å². The van der Waals surface area contributed by atoms with Gasteiger partial charge in [0.1, 0.15) is 12.4 Å². The number of fused-ring (bicyclic) bond motifs is 2. The summed E-state index contributed by atoms with van der Waals surface area (Å²) in [6, 6.07) is 7.12. The van der Waals surface area contributed by atoms with E-state index < -0.39 is 5.41 Å². The van der Waals surface area contributed by atoms with Gasteiger partial charge in [0.2, 0.25) is 5.91 Å². The van der Waals surface area contributed by atoms with Crippen LogP contribution in [0.1, 0.15) is 53.1 Å². The number of benzene rings is 1. The Morgan fingerprint density at radius 3 is 2.47 bits per heavy atom. The molecule has 1 saturated heterocycles. The summed E-state index contributed by atoms with van der Waals surface area (Å²) < 4.78 is 0. The fraction of sp³-hybridized carbons (Fsp3) is 0.480. The molecule has 4 aliphatic rings. The molecule has 4 unspecified atom stereocenters. The van der Waals surface area contributed by atoms with E-state index in [-0.39, 0.29) is 41.9 Å². The van der Waals surface area contributed by atoms with E-state index in [9.17, 15) is 9.59 Å². The summed E-state index contributed by atoms with van der Waals surface area (Å²) in [7, 11) is 0. The van der Waals surface area contributed by atoms with E-state index in [0.29, 0.717) is 5.02 Å². The average Bonchev–Trinajstić information content (AvgIpc) is 3.13. The Morgan fingerprint density at radius 2 is 1.84 bits per heavy atom. The number of carbonyl (C=O) groups excluding carboxylic acids is 2. The Bertz CT molecular complexity index is 1130. The van der Waals surface area contributed by atoms with Crippen molar-refractivity contribution in [3.63, 3.8) is 0 Å². The monoisotopic (exact) mass is 452 g/mol. The lowest BCUT2D eigenvalue weighted by molar-refractivity contribution is -0.122. The normalized spacial score (nSPS) is 31.8. The second-order valence-corrected chi connectivity index (χ2v) is 11.0. The highest BCUT2D eigenvalue weighted by Gasteiger charge is 2.61. The molecule has 1 aromatic rings. The lowest BCUT2D eigenvalue weighted by atomic mass is 9.65. The van der Waals surface area contributed by atoms with Crippen molar-refractivity contribution < 1.29 is 9.59 Å². The van der Waals surface area contributed by atoms with Gasteiger partial charge in [0.05, 0.1) is 23.2 Å². The molecule has 1 N–H and O–H groups in total. The summed E-state index contributed by atoms with van der Waals surface area (Å²) in [6.07, 6.45) is 2.29. The van der Waals surface area contributed by atoms with E-state index in [1.807, 2.05) is 29.2 Å². The number of amidine groups is 1. The minimum Gasteiger partial charge on any atom is -0.326 e. The van der Waals surface area contributed by atoms with E-state index >= 15 is 0 Å². The molecule has 5 rings (SSSR count). The quantitative estimate of drug-likeness (QED) is 0.616. The molecule has 1 aliphatic carbocycles. The molecule has 0 saturated carbocycles. The fourth-order valence-corrected chi connectivity index (χ4v) is 5.87. The molecule has 1 fully saturated rings. The largest absolute Gasteiger partial charge is 0.330 e.